The van der Waals surface area contributed by atoms with Gasteiger partial charge in [-0.3, -0.25) is 9.59 Å². The number of anilines is 2. The molecule has 0 atom stereocenters. The smallest absolute Gasteiger partial charge is 0.233 e. The van der Waals surface area contributed by atoms with Crippen molar-refractivity contribution >= 4 is 34.8 Å². The lowest BCUT2D eigenvalue weighted by Crippen LogP contribution is -2.22. The predicted molar refractivity (Wildman–Crippen MR) is 84.4 cm³/mol. The maximum absolute atomic E-state index is 13.4. The molecule has 120 valence electrons. The van der Waals surface area contributed by atoms with Crippen molar-refractivity contribution in [3.05, 3.63) is 58.6 Å². The van der Waals surface area contributed by atoms with Gasteiger partial charge >= 0.3 is 0 Å². The van der Waals surface area contributed by atoms with Crippen molar-refractivity contribution in [2.75, 3.05) is 10.6 Å². The number of benzene rings is 2. The van der Waals surface area contributed by atoms with Crippen molar-refractivity contribution in [2.45, 2.75) is 13.3 Å². The van der Waals surface area contributed by atoms with Crippen molar-refractivity contribution in [3.63, 3.8) is 0 Å². The van der Waals surface area contributed by atoms with Gasteiger partial charge in [0, 0.05) is 16.8 Å². The minimum atomic E-state index is -0.913. The van der Waals surface area contributed by atoms with E-state index >= 15 is 0 Å². The van der Waals surface area contributed by atoms with Gasteiger partial charge in [-0.1, -0.05) is 17.7 Å². The number of rotatable bonds is 4. The Hall–Kier alpha value is -2.47. The van der Waals surface area contributed by atoms with Crippen LogP contribution < -0.4 is 10.6 Å². The van der Waals surface area contributed by atoms with Crippen LogP contribution in [0.2, 0.25) is 5.02 Å². The minimum absolute atomic E-state index is 0.192. The van der Waals surface area contributed by atoms with Crippen molar-refractivity contribution in [2.24, 2.45) is 0 Å². The second-order valence-electron chi connectivity index (χ2n) is 4.86. The third-order valence-electron chi connectivity index (χ3n) is 3.00. The molecule has 0 bridgehead atoms. The maximum atomic E-state index is 13.4. The van der Waals surface area contributed by atoms with Gasteiger partial charge in [0.2, 0.25) is 11.8 Å². The highest BCUT2D eigenvalue weighted by atomic mass is 35.5. The van der Waals surface area contributed by atoms with Crippen LogP contribution in [0.25, 0.3) is 0 Å². The van der Waals surface area contributed by atoms with Crippen LogP contribution in [0.1, 0.15) is 12.0 Å². The molecule has 0 aliphatic carbocycles. The number of carbonyl (C=O) groups is 2. The molecule has 2 amide bonds. The predicted octanol–water partition coefficient (Wildman–Crippen LogP) is 3.89. The van der Waals surface area contributed by atoms with Crippen LogP contribution in [0.3, 0.4) is 0 Å². The van der Waals surface area contributed by atoms with Crippen LogP contribution in [0.4, 0.5) is 20.2 Å². The highest BCUT2D eigenvalue weighted by molar-refractivity contribution is 6.31. The molecule has 0 aliphatic rings. The van der Waals surface area contributed by atoms with Gasteiger partial charge in [0.1, 0.15) is 18.1 Å². The summed E-state index contributed by atoms with van der Waals surface area (Å²) in [5, 5.41) is 5.21. The van der Waals surface area contributed by atoms with Crippen LogP contribution in [0.5, 0.6) is 0 Å². The summed E-state index contributed by atoms with van der Waals surface area (Å²) in [5.41, 5.74) is 1.08. The third-order valence-corrected chi connectivity index (χ3v) is 3.24. The molecule has 0 radical (unpaired) electrons. The molecule has 0 fully saturated rings. The Morgan fingerprint density at radius 2 is 1.65 bits per heavy atom. The van der Waals surface area contributed by atoms with Crippen LogP contribution in [0, 0.1) is 18.6 Å². The van der Waals surface area contributed by atoms with E-state index in [-0.39, 0.29) is 5.69 Å². The SMILES string of the molecule is Cc1ccc(Cl)cc1NC(=O)CC(=O)Nc1ccc(F)cc1F. The highest BCUT2D eigenvalue weighted by Gasteiger charge is 2.13. The number of aryl methyl sites for hydroxylation is 1. The zero-order valence-electron chi connectivity index (χ0n) is 12.1. The summed E-state index contributed by atoms with van der Waals surface area (Å²) in [6.45, 7) is 1.78. The minimum Gasteiger partial charge on any atom is -0.325 e. The molecule has 0 spiro atoms. The quantitative estimate of drug-likeness (QED) is 0.831. The molecule has 4 nitrogen and oxygen atoms in total. The fourth-order valence-corrected chi connectivity index (χ4v) is 2.03. The zero-order chi connectivity index (χ0) is 17.0. The molecular formula is C16H13ClF2N2O2. The van der Waals surface area contributed by atoms with Crippen molar-refractivity contribution in [1.82, 2.24) is 0 Å². The molecule has 2 N–H and O–H groups in total. The molecule has 0 heterocycles. The lowest BCUT2D eigenvalue weighted by molar-refractivity contribution is -0.123. The molecule has 2 aromatic carbocycles. The standard InChI is InChI=1S/C16H13ClF2N2O2/c1-9-2-3-10(17)6-14(9)21-16(23)8-15(22)20-13-5-4-11(18)7-12(13)19/h2-7H,8H2,1H3,(H,20,22)(H,21,23). The Labute approximate surface area is 136 Å². The summed E-state index contributed by atoms with van der Waals surface area (Å²) in [4.78, 5) is 23.6. The van der Waals surface area contributed by atoms with Crippen LogP contribution >= 0.6 is 11.6 Å². The number of hydrogen-bond donors (Lipinski definition) is 2. The van der Waals surface area contributed by atoms with E-state index < -0.39 is 29.9 Å². The van der Waals surface area contributed by atoms with E-state index in [9.17, 15) is 18.4 Å². The molecule has 0 aromatic heterocycles. The molecular weight excluding hydrogens is 326 g/mol. The summed E-state index contributed by atoms with van der Waals surface area (Å²) in [6.07, 6.45) is -0.511. The largest absolute Gasteiger partial charge is 0.325 e. The van der Waals surface area contributed by atoms with E-state index in [0.29, 0.717) is 16.8 Å². The fourth-order valence-electron chi connectivity index (χ4n) is 1.85. The van der Waals surface area contributed by atoms with Crippen LogP contribution in [0.15, 0.2) is 36.4 Å². The Kier molecular flexibility index (Phi) is 5.28. The van der Waals surface area contributed by atoms with Gasteiger partial charge < -0.3 is 10.6 Å². The van der Waals surface area contributed by atoms with Gasteiger partial charge in [0.25, 0.3) is 0 Å². The number of nitrogens with one attached hydrogen (secondary N) is 2. The van der Waals surface area contributed by atoms with E-state index in [1.54, 1.807) is 25.1 Å². The van der Waals surface area contributed by atoms with Gasteiger partial charge in [0.15, 0.2) is 0 Å². The Bertz CT molecular complexity index is 766. The fraction of sp³-hybridized carbons (Fsp3) is 0.125. The summed E-state index contributed by atoms with van der Waals surface area (Å²) in [5.74, 6) is -2.96. The second-order valence-corrected chi connectivity index (χ2v) is 5.29. The molecule has 0 unspecified atom stereocenters. The molecule has 0 aliphatic heterocycles. The molecule has 2 rings (SSSR count). The van der Waals surface area contributed by atoms with E-state index in [0.717, 1.165) is 17.7 Å². The average Bonchev–Trinajstić information content (AvgIpc) is 2.46. The topological polar surface area (TPSA) is 58.2 Å². The summed E-state index contributed by atoms with van der Waals surface area (Å²) >= 11 is 5.84. The van der Waals surface area contributed by atoms with Gasteiger partial charge in [-0.25, -0.2) is 8.78 Å². The summed E-state index contributed by atoms with van der Waals surface area (Å²) < 4.78 is 26.2. The van der Waals surface area contributed by atoms with Gasteiger partial charge in [-0.15, -0.1) is 0 Å². The first-order chi connectivity index (χ1) is 10.8. The number of hydrogen-bond acceptors (Lipinski definition) is 2. The van der Waals surface area contributed by atoms with Crippen LogP contribution in [-0.2, 0) is 9.59 Å². The normalized spacial score (nSPS) is 10.3. The number of amides is 2. The van der Waals surface area contributed by atoms with Crippen molar-refractivity contribution in [3.8, 4) is 0 Å². The summed E-state index contributed by atoms with van der Waals surface area (Å²) in [6, 6.07) is 7.70. The van der Waals surface area contributed by atoms with Gasteiger partial charge in [-0.2, -0.15) is 0 Å². The van der Waals surface area contributed by atoms with E-state index in [1.165, 1.54) is 0 Å². The lowest BCUT2D eigenvalue weighted by atomic mass is 10.2. The average molecular weight is 339 g/mol. The van der Waals surface area contributed by atoms with Crippen LogP contribution in [-0.4, -0.2) is 11.8 Å². The Morgan fingerprint density at radius 3 is 2.30 bits per heavy atom. The number of carbonyl (C=O) groups excluding carboxylic acids is 2. The third kappa shape index (κ3) is 4.75. The number of halogens is 3. The van der Waals surface area contributed by atoms with E-state index in [1.807, 2.05) is 0 Å². The van der Waals surface area contributed by atoms with Crippen molar-refractivity contribution < 1.29 is 18.4 Å². The molecule has 7 heteroatoms. The summed E-state index contributed by atoms with van der Waals surface area (Å²) in [7, 11) is 0. The van der Waals surface area contributed by atoms with E-state index in [2.05, 4.69) is 10.6 Å². The first-order valence-corrected chi connectivity index (χ1v) is 7.04. The Morgan fingerprint density at radius 1 is 1.00 bits per heavy atom. The van der Waals surface area contributed by atoms with E-state index in [4.69, 9.17) is 11.6 Å². The zero-order valence-corrected chi connectivity index (χ0v) is 12.9. The molecule has 0 saturated carbocycles. The van der Waals surface area contributed by atoms with Crippen molar-refractivity contribution in [1.29, 1.82) is 0 Å². The molecule has 23 heavy (non-hydrogen) atoms. The molecule has 0 saturated heterocycles. The monoisotopic (exact) mass is 338 g/mol. The highest BCUT2D eigenvalue weighted by Crippen LogP contribution is 2.20. The first kappa shape index (κ1) is 16.9. The van der Waals surface area contributed by atoms with Gasteiger partial charge in [0.05, 0.1) is 5.69 Å². The first-order valence-electron chi connectivity index (χ1n) is 6.66. The lowest BCUT2D eigenvalue weighted by Gasteiger charge is -2.09. The molecule has 2 aromatic rings. The second kappa shape index (κ2) is 7.19. The maximum Gasteiger partial charge on any atom is 0.233 e. The van der Waals surface area contributed by atoms with Gasteiger partial charge in [-0.05, 0) is 36.8 Å². The Balaban J connectivity index is 1.97.